The van der Waals surface area contributed by atoms with Crippen molar-refractivity contribution in [3.63, 3.8) is 0 Å². The molecule has 0 aliphatic heterocycles. The lowest BCUT2D eigenvalue weighted by atomic mass is 10.1. The predicted octanol–water partition coefficient (Wildman–Crippen LogP) is 15.7. The van der Waals surface area contributed by atoms with Crippen LogP contribution in [0.15, 0.2) is 139 Å². The smallest absolute Gasteiger partial charge is 0.119 e. The highest BCUT2D eigenvalue weighted by Gasteiger charge is 2.03. The van der Waals surface area contributed by atoms with Gasteiger partial charge in [0.2, 0.25) is 0 Å². The highest BCUT2D eigenvalue weighted by Crippen LogP contribution is 2.25. The maximum atomic E-state index is 5.67. The molecule has 0 atom stereocenters. The SMILES string of the molecule is Cc1ccc2cccc(/C=C/c3ccc(C)s3)c2n1.Cc1ccc2cccc(/C=C/c3ccc(OC(C)C)cc3)c2n1.Cc1csc(/C=C/c2cccc3ccc(C)nc23)c1. The van der Waals surface area contributed by atoms with Crippen molar-refractivity contribution in [2.45, 2.75) is 54.6 Å². The van der Waals surface area contributed by atoms with E-state index in [4.69, 9.17) is 4.74 Å². The van der Waals surface area contributed by atoms with E-state index in [1.165, 1.54) is 47.5 Å². The monoisotopic (exact) mass is 833 g/mol. The number of benzene rings is 4. The van der Waals surface area contributed by atoms with E-state index in [1.54, 1.807) is 11.3 Å². The second-order valence-corrected chi connectivity index (χ2v) is 17.6. The molecule has 0 spiro atoms. The molecule has 0 aliphatic rings. The summed E-state index contributed by atoms with van der Waals surface area (Å²) in [6.45, 7) is 14.4. The van der Waals surface area contributed by atoms with Crippen molar-refractivity contribution >= 4 is 91.8 Å². The molecule has 0 unspecified atom stereocenters. The number of para-hydroxylation sites is 3. The molecule has 6 heteroatoms. The second-order valence-electron chi connectivity index (χ2n) is 15.3. The summed E-state index contributed by atoms with van der Waals surface area (Å²) >= 11 is 3.58. The number of pyridine rings is 3. The van der Waals surface area contributed by atoms with Crippen LogP contribution in [-0.4, -0.2) is 21.1 Å². The fourth-order valence-electron chi connectivity index (χ4n) is 6.75. The van der Waals surface area contributed by atoms with Gasteiger partial charge in [0.15, 0.2) is 0 Å². The first-order chi connectivity index (χ1) is 29.6. The van der Waals surface area contributed by atoms with Gasteiger partial charge in [-0.3, -0.25) is 15.0 Å². The fourth-order valence-corrected chi connectivity index (χ4v) is 8.32. The zero-order chi connectivity index (χ0) is 42.7. The van der Waals surface area contributed by atoms with E-state index in [1.807, 2.05) is 64.2 Å². The van der Waals surface area contributed by atoms with E-state index in [-0.39, 0.29) is 6.10 Å². The quantitative estimate of drug-likeness (QED) is 0.143. The van der Waals surface area contributed by atoms with E-state index in [0.29, 0.717) is 0 Å². The van der Waals surface area contributed by atoms with Crippen LogP contribution in [-0.2, 0) is 0 Å². The number of aromatic nitrogens is 3. The van der Waals surface area contributed by atoms with Crippen molar-refractivity contribution < 1.29 is 4.74 Å². The number of hydrogen-bond acceptors (Lipinski definition) is 6. The van der Waals surface area contributed by atoms with Crippen LogP contribution >= 0.6 is 22.7 Å². The van der Waals surface area contributed by atoms with Crippen LogP contribution < -0.4 is 4.74 Å². The number of fused-ring (bicyclic) bond motifs is 3. The highest BCUT2D eigenvalue weighted by molar-refractivity contribution is 7.12. The third-order valence-corrected chi connectivity index (χ3v) is 11.7. The summed E-state index contributed by atoms with van der Waals surface area (Å²) in [6.07, 6.45) is 13.1. The molecule has 0 bridgehead atoms. The number of ether oxygens (including phenoxy) is 1. The average Bonchev–Trinajstić information content (AvgIpc) is 3.88. The third-order valence-electron chi connectivity index (χ3n) is 9.75. The minimum Gasteiger partial charge on any atom is -0.491 e. The zero-order valence-corrected chi connectivity index (χ0v) is 37.5. The Hall–Kier alpha value is -6.47. The molecule has 9 aromatic rings. The molecular formula is C55H51N3OS2. The second kappa shape index (κ2) is 20.2. The Morgan fingerprint density at radius 2 is 0.951 bits per heavy atom. The van der Waals surface area contributed by atoms with E-state index < -0.39 is 0 Å². The Bertz CT molecular complexity index is 2850. The van der Waals surface area contributed by atoms with Crippen LogP contribution in [0.4, 0.5) is 0 Å². The highest BCUT2D eigenvalue weighted by atomic mass is 32.1. The van der Waals surface area contributed by atoms with Gasteiger partial charge in [-0.25, -0.2) is 0 Å². The summed E-state index contributed by atoms with van der Waals surface area (Å²) in [7, 11) is 0. The molecule has 0 N–H and O–H groups in total. The third kappa shape index (κ3) is 11.8. The topological polar surface area (TPSA) is 47.9 Å². The van der Waals surface area contributed by atoms with Crippen molar-refractivity contribution in [1.29, 1.82) is 0 Å². The summed E-state index contributed by atoms with van der Waals surface area (Å²) in [5.74, 6) is 0.902. The van der Waals surface area contributed by atoms with Gasteiger partial charge in [-0.2, -0.15) is 0 Å². The largest absolute Gasteiger partial charge is 0.491 e. The van der Waals surface area contributed by atoms with Gasteiger partial charge in [0.05, 0.1) is 22.7 Å². The van der Waals surface area contributed by atoms with Gasteiger partial charge in [0.1, 0.15) is 5.75 Å². The Labute approximate surface area is 368 Å². The van der Waals surface area contributed by atoms with E-state index >= 15 is 0 Å². The number of hydrogen-bond donors (Lipinski definition) is 0. The number of aryl methyl sites for hydroxylation is 5. The molecule has 304 valence electrons. The summed E-state index contributed by atoms with van der Waals surface area (Å²) in [4.78, 5) is 17.9. The van der Waals surface area contributed by atoms with Crippen LogP contribution in [0.3, 0.4) is 0 Å². The molecule has 0 fully saturated rings. The van der Waals surface area contributed by atoms with Crippen LogP contribution in [0.1, 0.15) is 73.4 Å². The maximum absolute atomic E-state index is 5.67. The first kappa shape index (κ1) is 42.6. The standard InChI is InChI=1S/C21H21NO.2C17H15NS/c1-15(2)23-20-13-9-17(10-14-20)8-12-19-6-4-5-18-11-7-16(3)22-21(18)19;1-12-6-8-14-4-3-5-15(17(14)18-12)9-11-16-10-7-13(2)19-16;1-12-10-16(19-11-12)9-8-15-5-3-4-14-7-6-13(2)18-17(14)15/h4-15H,1-3H3;2*3-11H,1-2H3/b12-8+;11-9+;9-8+. The molecule has 5 aromatic heterocycles. The molecule has 0 aliphatic carbocycles. The first-order valence-electron chi connectivity index (χ1n) is 20.6. The van der Waals surface area contributed by atoms with Crippen LogP contribution in [0.25, 0.3) is 69.2 Å². The minimum absolute atomic E-state index is 0.196. The summed E-state index contributed by atoms with van der Waals surface area (Å²) in [5.41, 5.74) is 12.3. The van der Waals surface area contributed by atoms with E-state index in [9.17, 15) is 0 Å². The fraction of sp³-hybridized carbons (Fsp3) is 0.145. The van der Waals surface area contributed by atoms with Gasteiger partial charge in [0.25, 0.3) is 0 Å². The average molecular weight is 834 g/mol. The lowest BCUT2D eigenvalue weighted by Gasteiger charge is -2.09. The Kier molecular flexibility index (Phi) is 14.1. The van der Waals surface area contributed by atoms with Gasteiger partial charge < -0.3 is 4.74 Å². The van der Waals surface area contributed by atoms with Gasteiger partial charge in [-0.1, -0.05) is 109 Å². The number of rotatable bonds is 8. The molecule has 4 aromatic carbocycles. The van der Waals surface area contributed by atoms with Crippen molar-refractivity contribution in [2.75, 3.05) is 0 Å². The van der Waals surface area contributed by atoms with Crippen LogP contribution in [0.5, 0.6) is 5.75 Å². The molecule has 4 nitrogen and oxygen atoms in total. The van der Waals surface area contributed by atoms with Gasteiger partial charge >= 0.3 is 0 Å². The Morgan fingerprint density at radius 1 is 0.475 bits per heavy atom. The Balaban J connectivity index is 0.000000139. The lowest BCUT2D eigenvalue weighted by molar-refractivity contribution is 0.242. The first-order valence-corrected chi connectivity index (χ1v) is 22.3. The number of thiophene rings is 2. The summed E-state index contributed by atoms with van der Waals surface area (Å²) in [6, 6.07) is 46.0. The molecule has 5 heterocycles. The molecule has 0 saturated heterocycles. The van der Waals surface area contributed by atoms with E-state index in [2.05, 4.69) is 186 Å². The normalized spacial score (nSPS) is 11.5. The van der Waals surface area contributed by atoms with Crippen molar-refractivity contribution in [3.8, 4) is 5.75 Å². The van der Waals surface area contributed by atoms with Gasteiger partial charge in [-0.05, 0) is 126 Å². The molecule has 61 heavy (non-hydrogen) atoms. The zero-order valence-electron chi connectivity index (χ0n) is 35.9. The summed E-state index contributed by atoms with van der Waals surface area (Å²) < 4.78 is 5.67. The van der Waals surface area contributed by atoms with Gasteiger partial charge in [0, 0.05) is 64.6 Å². The molecular weight excluding hydrogens is 783 g/mol. The Morgan fingerprint density at radius 3 is 1.38 bits per heavy atom. The predicted molar refractivity (Wildman–Crippen MR) is 267 cm³/mol. The molecule has 0 amide bonds. The minimum atomic E-state index is 0.196. The lowest BCUT2D eigenvalue weighted by Crippen LogP contribution is -2.05. The van der Waals surface area contributed by atoms with E-state index in [0.717, 1.165) is 50.5 Å². The molecule has 9 rings (SSSR count). The van der Waals surface area contributed by atoms with Crippen molar-refractivity contribution in [2.24, 2.45) is 0 Å². The maximum Gasteiger partial charge on any atom is 0.119 e. The molecule has 0 saturated carbocycles. The van der Waals surface area contributed by atoms with Crippen molar-refractivity contribution in [1.82, 2.24) is 15.0 Å². The number of nitrogens with zero attached hydrogens (tertiary/aromatic N) is 3. The summed E-state index contributed by atoms with van der Waals surface area (Å²) in [5, 5.41) is 5.72. The van der Waals surface area contributed by atoms with Crippen LogP contribution in [0, 0.1) is 34.6 Å². The molecule has 0 radical (unpaired) electrons. The van der Waals surface area contributed by atoms with Crippen LogP contribution in [0.2, 0.25) is 0 Å². The van der Waals surface area contributed by atoms with Gasteiger partial charge in [-0.15, -0.1) is 22.7 Å². The van der Waals surface area contributed by atoms with Crippen molar-refractivity contribution in [3.05, 3.63) is 198 Å².